The first-order chi connectivity index (χ1) is 6.70. The highest BCUT2D eigenvalue weighted by Crippen LogP contribution is 2.18. The summed E-state index contributed by atoms with van der Waals surface area (Å²) in [7, 11) is 0. The van der Waals surface area contributed by atoms with Crippen molar-refractivity contribution in [3.8, 4) is 0 Å². The van der Waals surface area contributed by atoms with Crippen LogP contribution < -0.4 is 0 Å². The minimum absolute atomic E-state index is 0.0464. The summed E-state index contributed by atoms with van der Waals surface area (Å²) >= 11 is 0. The van der Waals surface area contributed by atoms with E-state index >= 15 is 0 Å². The summed E-state index contributed by atoms with van der Waals surface area (Å²) in [5, 5.41) is 8.59. The van der Waals surface area contributed by atoms with Crippen LogP contribution in [0.1, 0.15) is 24.5 Å². The summed E-state index contributed by atoms with van der Waals surface area (Å²) in [6, 6.07) is 2.75. The van der Waals surface area contributed by atoms with Crippen molar-refractivity contribution in [2.24, 2.45) is 0 Å². The van der Waals surface area contributed by atoms with E-state index in [1.807, 2.05) is 6.92 Å². The number of hydrogen-bond acceptors (Lipinski definition) is 1. The maximum absolute atomic E-state index is 13.5. The lowest BCUT2D eigenvalue weighted by atomic mass is 10.0. The molecule has 78 valence electrons. The zero-order valence-corrected chi connectivity index (χ0v) is 8.19. The highest BCUT2D eigenvalue weighted by Gasteiger charge is 2.11. The summed E-state index contributed by atoms with van der Waals surface area (Å²) in [5.74, 6) is -0.978. The van der Waals surface area contributed by atoms with E-state index in [1.54, 1.807) is 0 Å². The molecule has 0 amide bonds. The van der Waals surface area contributed by atoms with Gasteiger partial charge < -0.3 is 5.11 Å². The Bertz CT molecular complexity index is 310. The molecule has 1 aromatic carbocycles. The highest BCUT2D eigenvalue weighted by molar-refractivity contribution is 5.27. The number of aliphatic hydroxyl groups excluding tert-OH is 1. The van der Waals surface area contributed by atoms with Crippen molar-refractivity contribution in [3.63, 3.8) is 0 Å². The van der Waals surface area contributed by atoms with Crippen molar-refractivity contribution in [2.75, 3.05) is 6.61 Å². The first-order valence-electron chi connectivity index (χ1n) is 4.77. The van der Waals surface area contributed by atoms with E-state index in [9.17, 15) is 8.78 Å². The van der Waals surface area contributed by atoms with Crippen LogP contribution in [0.15, 0.2) is 12.1 Å². The average Bonchev–Trinajstić information content (AvgIpc) is 2.18. The standard InChI is InChI=1S/C11H14F2O/c1-2-8-5-6-10(12)9(11(8)13)4-3-7-14/h5-6,14H,2-4,7H2,1H3. The summed E-state index contributed by atoms with van der Waals surface area (Å²) in [6.07, 6.45) is 1.20. The number of benzene rings is 1. The van der Waals surface area contributed by atoms with Gasteiger partial charge in [-0.2, -0.15) is 0 Å². The SMILES string of the molecule is CCc1ccc(F)c(CCCO)c1F. The van der Waals surface area contributed by atoms with E-state index in [2.05, 4.69) is 0 Å². The average molecular weight is 200 g/mol. The third kappa shape index (κ3) is 2.29. The zero-order valence-electron chi connectivity index (χ0n) is 8.19. The predicted molar refractivity (Wildman–Crippen MR) is 51.1 cm³/mol. The molecule has 0 aliphatic heterocycles. The monoisotopic (exact) mass is 200 g/mol. The van der Waals surface area contributed by atoms with Crippen LogP contribution in [0.5, 0.6) is 0 Å². The van der Waals surface area contributed by atoms with Crippen LogP contribution in [0.3, 0.4) is 0 Å². The normalized spacial score (nSPS) is 10.6. The number of aliphatic hydroxyl groups is 1. The molecule has 0 spiro atoms. The molecule has 0 unspecified atom stereocenters. The molecule has 1 aromatic rings. The van der Waals surface area contributed by atoms with Crippen molar-refractivity contribution in [1.29, 1.82) is 0 Å². The Morgan fingerprint density at radius 2 is 2.00 bits per heavy atom. The Labute approximate surface area is 82.4 Å². The van der Waals surface area contributed by atoms with Gasteiger partial charge in [-0.1, -0.05) is 13.0 Å². The molecule has 0 aliphatic carbocycles. The van der Waals surface area contributed by atoms with Crippen molar-refractivity contribution in [3.05, 3.63) is 34.9 Å². The largest absolute Gasteiger partial charge is 0.396 e. The molecule has 0 aromatic heterocycles. The third-order valence-electron chi connectivity index (χ3n) is 2.23. The van der Waals surface area contributed by atoms with E-state index in [4.69, 9.17) is 5.11 Å². The van der Waals surface area contributed by atoms with E-state index in [0.717, 1.165) is 0 Å². The number of hydrogen-bond donors (Lipinski definition) is 1. The van der Waals surface area contributed by atoms with E-state index < -0.39 is 11.6 Å². The summed E-state index contributed by atoms with van der Waals surface area (Å²) in [4.78, 5) is 0. The highest BCUT2D eigenvalue weighted by atomic mass is 19.1. The minimum atomic E-state index is -0.520. The fourth-order valence-corrected chi connectivity index (χ4v) is 1.40. The minimum Gasteiger partial charge on any atom is -0.396 e. The van der Waals surface area contributed by atoms with Crippen LogP contribution >= 0.6 is 0 Å². The molecule has 0 atom stereocenters. The summed E-state index contributed by atoms with van der Waals surface area (Å²) in [6.45, 7) is 1.78. The second-order valence-electron chi connectivity index (χ2n) is 3.18. The van der Waals surface area contributed by atoms with Crippen LogP contribution in [0, 0.1) is 11.6 Å². The molecular weight excluding hydrogens is 186 g/mol. The maximum atomic E-state index is 13.5. The molecule has 0 saturated carbocycles. The fourth-order valence-electron chi connectivity index (χ4n) is 1.40. The Morgan fingerprint density at radius 3 is 2.57 bits per heavy atom. The Kier molecular flexibility index (Phi) is 4.01. The van der Waals surface area contributed by atoms with E-state index in [1.165, 1.54) is 12.1 Å². The molecule has 3 heteroatoms. The van der Waals surface area contributed by atoms with Gasteiger partial charge in [0.2, 0.25) is 0 Å². The second kappa shape index (κ2) is 5.05. The molecule has 1 N–H and O–H groups in total. The molecule has 14 heavy (non-hydrogen) atoms. The molecule has 1 rings (SSSR count). The van der Waals surface area contributed by atoms with E-state index in [0.29, 0.717) is 18.4 Å². The van der Waals surface area contributed by atoms with Crippen LogP contribution in [0.2, 0.25) is 0 Å². The second-order valence-corrected chi connectivity index (χ2v) is 3.18. The lowest BCUT2D eigenvalue weighted by molar-refractivity contribution is 0.287. The van der Waals surface area contributed by atoms with Crippen LogP contribution in [0.25, 0.3) is 0 Å². The van der Waals surface area contributed by atoms with Crippen LogP contribution in [0.4, 0.5) is 8.78 Å². The van der Waals surface area contributed by atoms with Gasteiger partial charge in [-0.15, -0.1) is 0 Å². The van der Waals surface area contributed by atoms with Crippen molar-refractivity contribution < 1.29 is 13.9 Å². The Balaban J connectivity index is 2.99. The number of halogens is 2. The van der Waals surface area contributed by atoms with Crippen LogP contribution in [-0.4, -0.2) is 11.7 Å². The zero-order chi connectivity index (χ0) is 10.6. The first-order valence-corrected chi connectivity index (χ1v) is 4.77. The molecule has 0 aliphatic rings. The Morgan fingerprint density at radius 1 is 1.29 bits per heavy atom. The van der Waals surface area contributed by atoms with Crippen molar-refractivity contribution >= 4 is 0 Å². The third-order valence-corrected chi connectivity index (χ3v) is 2.23. The first kappa shape index (κ1) is 11.1. The van der Waals surface area contributed by atoms with Gasteiger partial charge in [0.15, 0.2) is 0 Å². The van der Waals surface area contributed by atoms with Gasteiger partial charge in [0.1, 0.15) is 11.6 Å². The lowest BCUT2D eigenvalue weighted by Crippen LogP contribution is -2.01. The molecule has 0 saturated heterocycles. The molecule has 0 radical (unpaired) electrons. The van der Waals surface area contributed by atoms with Gasteiger partial charge in [-0.25, -0.2) is 8.78 Å². The van der Waals surface area contributed by atoms with Gasteiger partial charge >= 0.3 is 0 Å². The Hall–Kier alpha value is -0.960. The molecule has 0 fully saturated rings. The van der Waals surface area contributed by atoms with Crippen molar-refractivity contribution in [2.45, 2.75) is 26.2 Å². The predicted octanol–water partition coefficient (Wildman–Crippen LogP) is 2.45. The van der Waals surface area contributed by atoms with Gasteiger partial charge in [-0.05, 0) is 30.9 Å². The van der Waals surface area contributed by atoms with Crippen LogP contribution in [-0.2, 0) is 12.8 Å². The summed E-state index contributed by atoms with van der Waals surface area (Å²) in [5.41, 5.74) is 0.623. The topological polar surface area (TPSA) is 20.2 Å². The molecule has 0 heterocycles. The fraction of sp³-hybridized carbons (Fsp3) is 0.455. The summed E-state index contributed by atoms with van der Waals surface area (Å²) < 4.78 is 26.7. The molecule has 0 bridgehead atoms. The van der Waals surface area contributed by atoms with Gasteiger partial charge in [0, 0.05) is 12.2 Å². The van der Waals surface area contributed by atoms with Crippen molar-refractivity contribution in [1.82, 2.24) is 0 Å². The van der Waals surface area contributed by atoms with Gasteiger partial charge in [0.25, 0.3) is 0 Å². The quantitative estimate of drug-likeness (QED) is 0.791. The van der Waals surface area contributed by atoms with Gasteiger partial charge in [0.05, 0.1) is 0 Å². The number of rotatable bonds is 4. The van der Waals surface area contributed by atoms with E-state index in [-0.39, 0.29) is 18.6 Å². The maximum Gasteiger partial charge on any atom is 0.132 e. The molecular formula is C11H14F2O. The smallest absolute Gasteiger partial charge is 0.132 e. The van der Waals surface area contributed by atoms with Gasteiger partial charge in [-0.3, -0.25) is 0 Å². The lowest BCUT2D eigenvalue weighted by Gasteiger charge is -2.07. The number of aryl methyl sites for hydroxylation is 1. The molecule has 1 nitrogen and oxygen atoms in total.